The Balaban J connectivity index is 0.000000169. The SMILES string of the molecule is Cc1ccc(C(c2ccc(C)cc2)(c2ccc(C)cc2)N2CCCCC2)cc1.Cc1ccc(C(c2ccccc2)(c2ccc(C)cc2)N2CCCCC2)cc1. The Morgan fingerprint density at radius 1 is 0.273 bits per heavy atom. The molecule has 2 heteroatoms. The summed E-state index contributed by atoms with van der Waals surface area (Å²) in [6, 6.07) is 57.0. The summed E-state index contributed by atoms with van der Waals surface area (Å²) in [5.41, 5.74) is 14.3. The number of hydrogen-bond donors (Lipinski definition) is 0. The van der Waals surface area contributed by atoms with Crippen LogP contribution in [0, 0.1) is 34.6 Å². The Bertz CT molecular complexity index is 1910. The van der Waals surface area contributed by atoms with Crippen LogP contribution in [0.3, 0.4) is 0 Å². The minimum absolute atomic E-state index is 0.233. The Morgan fingerprint density at radius 2 is 0.491 bits per heavy atom. The fourth-order valence-corrected chi connectivity index (χ4v) is 9.21. The maximum absolute atomic E-state index is 2.72. The highest BCUT2D eigenvalue weighted by atomic mass is 15.2. The third kappa shape index (κ3) is 7.99. The van der Waals surface area contributed by atoms with E-state index in [1.165, 1.54) is 99.7 Å². The van der Waals surface area contributed by atoms with Crippen molar-refractivity contribution in [3.05, 3.63) is 213 Å². The first-order valence-electron chi connectivity index (χ1n) is 20.7. The second-order valence-electron chi connectivity index (χ2n) is 16.2. The van der Waals surface area contributed by atoms with E-state index in [1.807, 2.05) is 0 Å². The smallest absolute Gasteiger partial charge is 0.0972 e. The number of nitrogens with zero attached hydrogens (tertiary/aromatic N) is 2. The fraction of sp³-hybridized carbons (Fsp3) is 0.321. The summed E-state index contributed by atoms with van der Waals surface area (Å²) in [6.45, 7) is 15.4. The highest BCUT2D eigenvalue weighted by molar-refractivity contribution is 5.52. The molecule has 0 atom stereocenters. The molecule has 0 amide bonds. The molecule has 2 aliphatic heterocycles. The van der Waals surface area contributed by atoms with Gasteiger partial charge in [-0.3, -0.25) is 9.80 Å². The third-order valence-electron chi connectivity index (χ3n) is 12.2. The first-order chi connectivity index (χ1) is 26.8. The second kappa shape index (κ2) is 17.4. The van der Waals surface area contributed by atoms with Crippen molar-refractivity contribution in [2.24, 2.45) is 0 Å². The lowest BCUT2D eigenvalue weighted by atomic mass is 9.74. The maximum atomic E-state index is 2.72. The molecule has 55 heavy (non-hydrogen) atoms. The van der Waals surface area contributed by atoms with Gasteiger partial charge in [0.15, 0.2) is 0 Å². The molecule has 0 aliphatic carbocycles. The molecule has 2 saturated heterocycles. The summed E-state index contributed by atoms with van der Waals surface area (Å²) in [5.74, 6) is 0. The van der Waals surface area contributed by atoms with Crippen LogP contribution in [-0.4, -0.2) is 36.0 Å². The number of rotatable bonds is 8. The number of likely N-dealkylation sites (tertiary alicyclic amines) is 2. The van der Waals surface area contributed by atoms with Crippen LogP contribution >= 0.6 is 0 Å². The molecule has 6 aromatic rings. The Labute approximate surface area is 331 Å². The average molecular weight is 725 g/mol. The van der Waals surface area contributed by atoms with E-state index >= 15 is 0 Å². The number of piperidine rings is 2. The van der Waals surface area contributed by atoms with Crippen LogP contribution in [0.25, 0.3) is 0 Å². The van der Waals surface area contributed by atoms with Gasteiger partial charge in [-0.15, -0.1) is 0 Å². The van der Waals surface area contributed by atoms with Crippen LogP contribution in [0.1, 0.15) is 99.7 Å². The van der Waals surface area contributed by atoms with E-state index in [2.05, 4.69) is 196 Å². The zero-order valence-corrected chi connectivity index (χ0v) is 33.9. The fourth-order valence-electron chi connectivity index (χ4n) is 9.21. The first kappa shape index (κ1) is 38.5. The van der Waals surface area contributed by atoms with E-state index in [0.717, 1.165) is 26.2 Å². The molecule has 2 fully saturated rings. The predicted molar refractivity (Wildman–Crippen MR) is 233 cm³/mol. The van der Waals surface area contributed by atoms with Crippen molar-refractivity contribution in [2.45, 2.75) is 84.2 Å². The van der Waals surface area contributed by atoms with Crippen molar-refractivity contribution >= 4 is 0 Å². The monoisotopic (exact) mass is 724 g/mol. The highest BCUT2D eigenvalue weighted by Gasteiger charge is 2.43. The number of benzene rings is 6. The standard InChI is InChI=1S/C27H31N.C26H29N/c1-21-7-13-24(14-8-21)27(28-19-5-4-6-20-28,25-15-9-22(2)10-16-25)26-17-11-23(3)12-18-26;1-21-11-15-24(16-12-21)26(23-9-5-3-6-10-23,27-19-7-4-8-20-27)25-17-13-22(2)14-18-25/h7-18H,4-6,19-20H2,1-3H3;3,5-6,9-18H,4,7-8,19-20H2,1-2H3. The Morgan fingerprint density at radius 3 is 0.727 bits per heavy atom. The van der Waals surface area contributed by atoms with Gasteiger partial charge in [0.1, 0.15) is 0 Å². The summed E-state index contributed by atoms with van der Waals surface area (Å²) >= 11 is 0. The van der Waals surface area contributed by atoms with Crippen molar-refractivity contribution in [2.75, 3.05) is 26.2 Å². The summed E-state index contributed by atoms with van der Waals surface area (Å²) in [4.78, 5) is 5.43. The van der Waals surface area contributed by atoms with Gasteiger partial charge < -0.3 is 0 Å². The summed E-state index contributed by atoms with van der Waals surface area (Å²) in [7, 11) is 0. The number of hydrogen-bond acceptors (Lipinski definition) is 2. The maximum Gasteiger partial charge on any atom is 0.0972 e. The van der Waals surface area contributed by atoms with Crippen molar-refractivity contribution in [3.8, 4) is 0 Å². The van der Waals surface area contributed by atoms with E-state index in [0.29, 0.717) is 0 Å². The van der Waals surface area contributed by atoms with Crippen molar-refractivity contribution in [1.82, 2.24) is 9.80 Å². The molecule has 282 valence electrons. The first-order valence-corrected chi connectivity index (χ1v) is 20.7. The van der Waals surface area contributed by atoms with Crippen LogP contribution in [0.4, 0.5) is 0 Å². The van der Waals surface area contributed by atoms with Gasteiger partial charge in [-0.25, -0.2) is 0 Å². The molecule has 8 rings (SSSR count). The van der Waals surface area contributed by atoms with E-state index in [-0.39, 0.29) is 11.1 Å². The van der Waals surface area contributed by atoms with Gasteiger partial charge in [0.05, 0.1) is 11.1 Å². The second-order valence-corrected chi connectivity index (χ2v) is 16.2. The molecule has 6 aromatic carbocycles. The molecular formula is C53H60N2. The minimum Gasteiger partial charge on any atom is -0.286 e. The Kier molecular flexibility index (Phi) is 12.2. The Hall–Kier alpha value is -4.76. The van der Waals surface area contributed by atoms with Gasteiger partial charge in [0, 0.05) is 0 Å². The molecule has 0 saturated carbocycles. The molecule has 2 heterocycles. The largest absolute Gasteiger partial charge is 0.286 e. The average Bonchev–Trinajstić information content (AvgIpc) is 3.23. The van der Waals surface area contributed by atoms with Gasteiger partial charge in [-0.1, -0.05) is 192 Å². The van der Waals surface area contributed by atoms with Gasteiger partial charge in [-0.2, -0.15) is 0 Å². The molecule has 0 bridgehead atoms. The topological polar surface area (TPSA) is 6.48 Å². The molecular weight excluding hydrogens is 665 g/mol. The number of aryl methyl sites for hydroxylation is 5. The van der Waals surface area contributed by atoms with Crippen LogP contribution < -0.4 is 0 Å². The lowest BCUT2D eigenvalue weighted by molar-refractivity contribution is 0.128. The lowest BCUT2D eigenvalue weighted by Gasteiger charge is -2.47. The van der Waals surface area contributed by atoms with Crippen LogP contribution in [-0.2, 0) is 11.1 Å². The predicted octanol–water partition coefficient (Wildman–Crippen LogP) is 12.5. The van der Waals surface area contributed by atoms with E-state index in [1.54, 1.807) is 0 Å². The van der Waals surface area contributed by atoms with Crippen molar-refractivity contribution in [3.63, 3.8) is 0 Å². The van der Waals surface area contributed by atoms with Crippen LogP contribution in [0.5, 0.6) is 0 Å². The lowest BCUT2D eigenvalue weighted by Crippen LogP contribution is -2.50. The van der Waals surface area contributed by atoms with Crippen molar-refractivity contribution in [1.29, 1.82) is 0 Å². The quantitative estimate of drug-likeness (QED) is 0.144. The summed E-state index contributed by atoms with van der Waals surface area (Å²) in [6.07, 6.45) is 7.75. The molecule has 0 unspecified atom stereocenters. The summed E-state index contributed by atoms with van der Waals surface area (Å²) < 4.78 is 0. The zero-order chi connectivity index (χ0) is 38.3. The molecule has 0 N–H and O–H groups in total. The zero-order valence-electron chi connectivity index (χ0n) is 33.9. The van der Waals surface area contributed by atoms with Crippen molar-refractivity contribution < 1.29 is 0 Å². The normalized spacial score (nSPS) is 15.6. The van der Waals surface area contributed by atoms with E-state index in [9.17, 15) is 0 Å². The van der Waals surface area contributed by atoms with Gasteiger partial charge in [0.25, 0.3) is 0 Å². The highest BCUT2D eigenvalue weighted by Crippen LogP contribution is 2.45. The van der Waals surface area contributed by atoms with E-state index in [4.69, 9.17) is 0 Å². The van der Waals surface area contributed by atoms with Gasteiger partial charge >= 0.3 is 0 Å². The molecule has 2 nitrogen and oxygen atoms in total. The van der Waals surface area contributed by atoms with Gasteiger partial charge in [0.2, 0.25) is 0 Å². The van der Waals surface area contributed by atoms with Crippen LogP contribution in [0.15, 0.2) is 152 Å². The molecule has 0 spiro atoms. The van der Waals surface area contributed by atoms with Gasteiger partial charge in [-0.05, 0) is 120 Å². The third-order valence-corrected chi connectivity index (χ3v) is 12.2. The van der Waals surface area contributed by atoms with E-state index < -0.39 is 0 Å². The summed E-state index contributed by atoms with van der Waals surface area (Å²) in [5, 5.41) is 0. The molecule has 2 aliphatic rings. The molecule has 0 radical (unpaired) electrons. The minimum atomic E-state index is -0.241. The molecule has 0 aromatic heterocycles. The van der Waals surface area contributed by atoms with Crippen LogP contribution in [0.2, 0.25) is 0 Å².